The van der Waals surface area contributed by atoms with Gasteiger partial charge >= 0.3 is 0 Å². The summed E-state index contributed by atoms with van der Waals surface area (Å²) in [4.78, 5) is 11.6. The second kappa shape index (κ2) is 6.79. The van der Waals surface area contributed by atoms with Gasteiger partial charge in [-0.1, -0.05) is 30.3 Å². The quantitative estimate of drug-likeness (QED) is 0.763. The molecule has 0 unspecified atom stereocenters. The van der Waals surface area contributed by atoms with E-state index in [0.717, 1.165) is 5.56 Å². The topological polar surface area (TPSA) is 44.8 Å². The second-order valence-corrected chi connectivity index (χ2v) is 4.54. The van der Waals surface area contributed by atoms with E-state index in [1.165, 1.54) is 14.0 Å². The van der Waals surface area contributed by atoms with E-state index in [4.69, 9.17) is 14.2 Å². The van der Waals surface area contributed by atoms with E-state index in [9.17, 15) is 4.79 Å². The fourth-order valence-corrected chi connectivity index (χ4v) is 1.98. The van der Waals surface area contributed by atoms with Gasteiger partial charge in [-0.05, 0) is 24.6 Å². The summed E-state index contributed by atoms with van der Waals surface area (Å²) < 4.78 is 16.4. The smallest absolute Gasteiger partial charge is 0.203 e. The van der Waals surface area contributed by atoms with E-state index >= 15 is 0 Å². The fourth-order valence-electron chi connectivity index (χ4n) is 1.98. The maximum atomic E-state index is 11.6. The highest BCUT2D eigenvalue weighted by molar-refractivity contribution is 5.95. The molecule has 2 aromatic carbocycles. The van der Waals surface area contributed by atoms with E-state index in [1.54, 1.807) is 19.2 Å². The zero-order valence-electron chi connectivity index (χ0n) is 12.4. The van der Waals surface area contributed by atoms with Crippen LogP contribution in [0.4, 0.5) is 0 Å². The van der Waals surface area contributed by atoms with Crippen LogP contribution in [0.5, 0.6) is 17.2 Å². The van der Waals surface area contributed by atoms with E-state index in [1.807, 2.05) is 30.3 Å². The highest BCUT2D eigenvalue weighted by Crippen LogP contribution is 2.38. The van der Waals surface area contributed by atoms with Crippen LogP contribution >= 0.6 is 0 Å². The molecule has 0 N–H and O–H groups in total. The predicted molar refractivity (Wildman–Crippen MR) is 80.3 cm³/mol. The number of carbonyl (C=O) groups excluding carboxylic acids is 1. The number of Topliss-reactive ketones (excluding diaryl/α,β-unsaturated/α-hetero) is 1. The van der Waals surface area contributed by atoms with Crippen molar-refractivity contribution in [3.05, 3.63) is 53.6 Å². The Bertz CT molecular complexity index is 620. The minimum absolute atomic E-state index is 0.0551. The van der Waals surface area contributed by atoms with Gasteiger partial charge in [0.05, 0.1) is 14.2 Å². The van der Waals surface area contributed by atoms with Gasteiger partial charge in [0.2, 0.25) is 5.75 Å². The molecule has 0 aliphatic carbocycles. The Balaban J connectivity index is 2.31. The number of hydrogen-bond donors (Lipinski definition) is 0. The van der Waals surface area contributed by atoms with Crippen molar-refractivity contribution in [2.45, 2.75) is 13.5 Å². The molecule has 2 rings (SSSR count). The number of benzene rings is 2. The third-order valence-electron chi connectivity index (χ3n) is 3.09. The number of methoxy groups -OCH3 is 2. The van der Waals surface area contributed by atoms with Crippen molar-refractivity contribution in [3.63, 3.8) is 0 Å². The third kappa shape index (κ3) is 3.54. The molecule has 0 amide bonds. The maximum Gasteiger partial charge on any atom is 0.203 e. The lowest BCUT2D eigenvalue weighted by Crippen LogP contribution is -2.02. The molecule has 0 aliphatic heterocycles. The van der Waals surface area contributed by atoms with Crippen molar-refractivity contribution in [3.8, 4) is 17.2 Å². The van der Waals surface area contributed by atoms with Gasteiger partial charge in [0, 0.05) is 5.56 Å². The van der Waals surface area contributed by atoms with Crippen molar-refractivity contribution in [2.24, 2.45) is 0 Å². The van der Waals surface area contributed by atoms with Crippen LogP contribution in [-0.4, -0.2) is 20.0 Å². The number of carbonyl (C=O) groups is 1. The molecule has 0 fully saturated rings. The van der Waals surface area contributed by atoms with Gasteiger partial charge in [-0.25, -0.2) is 0 Å². The van der Waals surface area contributed by atoms with Crippen LogP contribution in [0.15, 0.2) is 42.5 Å². The molecule has 0 spiro atoms. The first-order chi connectivity index (χ1) is 10.2. The summed E-state index contributed by atoms with van der Waals surface area (Å²) in [6.07, 6.45) is 0. The largest absolute Gasteiger partial charge is 0.493 e. The molecule has 2 aromatic rings. The second-order valence-electron chi connectivity index (χ2n) is 4.54. The molecule has 4 heteroatoms. The Morgan fingerprint density at radius 2 is 1.67 bits per heavy atom. The summed E-state index contributed by atoms with van der Waals surface area (Å²) in [5.74, 6) is 1.40. The Morgan fingerprint density at radius 1 is 1.00 bits per heavy atom. The van der Waals surface area contributed by atoms with Gasteiger partial charge in [-0.15, -0.1) is 0 Å². The van der Waals surface area contributed by atoms with Crippen molar-refractivity contribution in [2.75, 3.05) is 14.2 Å². The summed E-state index contributed by atoms with van der Waals surface area (Å²) in [5, 5.41) is 0. The van der Waals surface area contributed by atoms with Gasteiger partial charge in [0.1, 0.15) is 6.61 Å². The van der Waals surface area contributed by atoms with Gasteiger partial charge in [-0.3, -0.25) is 4.79 Å². The monoisotopic (exact) mass is 286 g/mol. The molecule has 4 nitrogen and oxygen atoms in total. The SMILES string of the molecule is COc1cc(C(C)=O)cc(OCc2ccccc2)c1OC. The first-order valence-electron chi connectivity index (χ1n) is 6.59. The van der Waals surface area contributed by atoms with Gasteiger partial charge in [0.25, 0.3) is 0 Å². The van der Waals surface area contributed by atoms with Crippen molar-refractivity contribution in [1.29, 1.82) is 0 Å². The zero-order valence-corrected chi connectivity index (χ0v) is 12.4. The van der Waals surface area contributed by atoms with Crippen LogP contribution < -0.4 is 14.2 Å². The van der Waals surface area contributed by atoms with Crippen molar-refractivity contribution >= 4 is 5.78 Å². The number of hydrogen-bond acceptors (Lipinski definition) is 4. The summed E-state index contributed by atoms with van der Waals surface area (Å²) in [7, 11) is 3.07. The molecule has 0 saturated carbocycles. The normalized spacial score (nSPS) is 10.0. The minimum Gasteiger partial charge on any atom is -0.493 e. The Kier molecular flexibility index (Phi) is 4.82. The number of ketones is 1. The average molecular weight is 286 g/mol. The van der Waals surface area contributed by atoms with Gasteiger partial charge in [-0.2, -0.15) is 0 Å². The summed E-state index contributed by atoms with van der Waals surface area (Å²) in [6, 6.07) is 13.1. The Labute approximate surface area is 124 Å². The van der Waals surface area contributed by atoms with Crippen LogP contribution in [0.1, 0.15) is 22.8 Å². The van der Waals surface area contributed by atoms with Crippen molar-refractivity contribution in [1.82, 2.24) is 0 Å². The van der Waals surface area contributed by atoms with Crippen LogP contribution in [0.2, 0.25) is 0 Å². The Morgan fingerprint density at radius 3 is 2.24 bits per heavy atom. The molecule has 0 saturated heterocycles. The summed E-state index contributed by atoms with van der Waals surface area (Å²) in [6.45, 7) is 1.89. The highest BCUT2D eigenvalue weighted by Gasteiger charge is 2.15. The zero-order chi connectivity index (χ0) is 15.2. The molecule has 0 bridgehead atoms. The molecule has 0 aliphatic rings. The van der Waals surface area contributed by atoms with Crippen LogP contribution in [-0.2, 0) is 6.61 Å². The highest BCUT2D eigenvalue weighted by atomic mass is 16.5. The molecule has 110 valence electrons. The molecule has 0 heterocycles. The number of rotatable bonds is 6. The minimum atomic E-state index is -0.0551. The van der Waals surface area contributed by atoms with E-state index in [2.05, 4.69) is 0 Å². The van der Waals surface area contributed by atoms with E-state index in [0.29, 0.717) is 29.4 Å². The molecular formula is C17H18O4. The van der Waals surface area contributed by atoms with Gasteiger partial charge in [0.15, 0.2) is 17.3 Å². The molecule has 0 atom stereocenters. The standard InChI is InChI=1S/C17H18O4/c1-12(18)14-9-15(19-2)17(20-3)16(10-14)21-11-13-7-5-4-6-8-13/h4-10H,11H2,1-3H3. The van der Waals surface area contributed by atoms with Crippen LogP contribution in [0.25, 0.3) is 0 Å². The first kappa shape index (κ1) is 14.9. The van der Waals surface area contributed by atoms with Crippen LogP contribution in [0, 0.1) is 0 Å². The summed E-state index contributed by atoms with van der Waals surface area (Å²) in [5.41, 5.74) is 1.56. The summed E-state index contributed by atoms with van der Waals surface area (Å²) >= 11 is 0. The molecular weight excluding hydrogens is 268 g/mol. The third-order valence-corrected chi connectivity index (χ3v) is 3.09. The predicted octanol–water partition coefficient (Wildman–Crippen LogP) is 3.49. The van der Waals surface area contributed by atoms with Crippen molar-refractivity contribution < 1.29 is 19.0 Å². The molecule has 0 radical (unpaired) electrons. The molecule has 0 aromatic heterocycles. The average Bonchev–Trinajstić information content (AvgIpc) is 2.52. The Hall–Kier alpha value is -2.49. The lowest BCUT2D eigenvalue weighted by Gasteiger charge is -2.15. The van der Waals surface area contributed by atoms with Crippen LogP contribution in [0.3, 0.4) is 0 Å². The molecule has 21 heavy (non-hydrogen) atoms. The first-order valence-corrected chi connectivity index (χ1v) is 6.59. The van der Waals surface area contributed by atoms with E-state index in [-0.39, 0.29) is 5.78 Å². The maximum absolute atomic E-state index is 11.6. The number of ether oxygens (including phenoxy) is 3. The fraction of sp³-hybridized carbons (Fsp3) is 0.235. The van der Waals surface area contributed by atoms with E-state index < -0.39 is 0 Å². The lowest BCUT2D eigenvalue weighted by molar-refractivity contribution is 0.101. The van der Waals surface area contributed by atoms with Gasteiger partial charge < -0.3 is 14.2 Å². The lowest BCUT2D eigenvalue weighted by atomic mass is 10.1.